The van der Waals surface area contributed by atoms with Crippen LogP contribution >= 0.6 is 0 Å². The van der Waals surface area contributed by atoms with Crippen molar-refractivity contribution < 1.29 is 4.79 Å². The minimum absolute atomic E-state index is 0.0755. The molecule has 24 heavy (non-hydrogen) atoms. The van der Waals surface area contributed by atoms with Crippen molar-refractivity contribution in [1.82, 2.24) is 9.88 Å². The van der Waals surface area contributed by atoms with Crippen LogP contribution in [-0.2, 0) is 17.8 Å². The Morgan fingerprint density at radius 3 is 2.75 bits per heavy atom. The number of carbonyl (C=O) groups excluding carboxylic acids is 1. The smallest absolute Gasteiger partial charge is 0.246 e. The molecule has 0 spiro atoms. The topological polar surface area (TPSA) is 36.1 Å². The molecule has 120 valence electrons. The van der Waals surface area contributed by atoms with Gasteiger partial charge in [-0.3, -0.25) is 4.79 Å². The second kappa shape index (κ2) is 6.00. The van der Waals surface area contributed by atoms with Gasteiger partial charge in [0.15, 0.2) is 0 Å². The van der Waals surface area contributed by atoms with E-state index >= 15 is 0 Å². The summed E-state index contributed by atoms with van der Waals surface area (Å²) in [5.74, 6) is 0.0755. The molecule has 1 aromatic heterocycles. The number of amides is 1. The van der Waals surface area contributed by atoms with Crippen LogP contribution in [0, 0.1) is 6.92 Å². The highest BCUT2D eigenvalue weighted by Gasteiger charge is 2.22. The summed E-state index contributed by atoms with van der Waals surface area (Å²) in [5, 5.41) is 1.23. The Balaban J connectivity index is 1.53. The van der Waals surface area contributed by atoms with Gasteiger partial charge in [0, 0.05) is 47.7 Å². The van der Waals surface area contributed by atoms with E-state index in [1.54, 1.807) is 6.08 Å². The highest BCUT2D eigenvalue weighted by atomic mass is 16.2. The van der Waals surface area contributed by atoms with E-state index in [4.69, 9.17) is 0 Å². The summed E-state index contributed by atoms with van der Waals surface area (Å²) in [4.78, 5) is 17.9. The van der Waals surface area contributed by atoms with Gasteiger partial charge in [-0.1, -0.05) is 48.0 Å². The summed E-state index contributed by atoms with van der Waals surface area (Å²) in [7, 11) is 0. The molecule has 2 heterocycles. The van der Waals surface area contributed by atoms with E-state index in [-0.39, 0.29) is 5.91 Å². The van der Waals surface area contributed by atoms with E-state index in [9.17, 15) is 4.79 Å². The molecule has 1 aliphatic heterocycles. The molecule has 1 amide bonds. The van der Waals surface area contributed by atoms with Crippen LogP contribution in [0.5, 0.6) is 0 Å². The number of fused-ring (bicyclic) bond motifs is 3. The highest BCUT2D eigenvalue weighted by molar-refractivity contribution is 5.93. The first-order valence-electron chi connectivity index (χ1n) is 8.33. The van der Waals surface area contributed by atoms with Gasteiger partial charge < -0.3 is 9.88 Å². The molecule has 2 aromatic carbocycles. The number of benzene rings is 2. The van der Waals surface area contributed by atoms with Crippen LogP contribution in [0.3, 0.4) is 0 Å². The van der Waals surface area contributed by atoms with Crippen LogP contribution in [0.15, 0.2) is 54.6 Å². The van der Waals surface area contributed by atoms with Gasteiger partial charge in [-0.2, -0.15) is 0 Å². The van der Waals surface area contributed by atoms with E-state index in [1.807, 2.05) is 29.2 Å². The van der Waals surface area contributed by atoms with Gasteiger partial charge >= 0.3 is 0 Å². The molecule has 3 nitrogen and oxygen atoms in total. The fourth-order valence-electron chi connectivity index (χ4n) is 3.31. The van der Waals surface area contributed by atoms with Crippen molar-refractivity contribution in [2.24, 2.45) is 0 Å². The largest absolute Gasteiger partial charge is 0.358 e. The summed E-state index contributed by atoms with van der Waals surface area (Å²) < 4.78 is 0. The number of nitrogens with zero attached hydrogens (tertiary/aromatic N) is 1. The molecule has 0 atom stereocenters. The first kappa shape index (κ1) is 14.8. The standard InChI is InChI=1S/C21H20N2O/c1-15-6-8-16(9-7-15)10-11-21(24)23-13-12-20-18(14-23)17-4-2-3-5-19(17)22-20/h2-11,22H,12-14H2,1H3/b11-10+. The molecule has 1 aliphatic rings. The van der Waals surface area contributed by atoms with Crippen molar-refractivity contribution in [2.75, 3.05) is 6.54 Å². The van der Waals surface area contributed by atoms with Crippen molar-refractivity contribution in [1.29, 1.82) is 0 Å². The average molecular weight is 316 g/mol. The molecular weight excluding hydrogens is 296 g/mol. The molecule has 4 rings (SSSR count). The van der Waals surface area contributed by atoms with Gasteiger partial charge in [0.05, 0.1) is 0 Å². The molecule has 0 saturated heterocycles. The Hall–Kier alpha value is -2.81. The fraction of sp³-hybridized carbons (Fsp3) is 0.190. The van der Waals surface area contributed by atoms with Crippen molar-refractivity contribution in [3.05, 3.63) is 77.0 Å². The van der Waals surface area contributed by atoms with Gasteiger partial charge in [-0.05, 0) is 24.6 Å². The lowest BCUT2D eigenvalue weighted by atomic mass is 10.0. The van der Waals surface area contributed by atoms with Crippen LogP contribution in [0.1, 0.15) is 22.4 Å². The van der Waals surface area contributed by atoms with Gasteiger partial charge in [-0.15, -0.1) is 0 Å². The Labute approximate surface area is 141 Å². The van der Waals surface area contributed by atoms with Crippen LogP contribution in [-0.4, -0.2) is 22.3 Å². The second-order valence-corrected chi connectivity index (χ2v) is 6.38. The number of carbonyl (C=O) groups is 1. The lowest BCUT2D eigenvalue weighted by Crippen LogP contribution is -2.34. The zero-order chi connectivity index (χ0) is 16.5. The molecule has 0 unspecified atom stereocenters. The molecular formula is C21H20N2O. The Morgan fingerprint density at radius 2 is 1.92 bits per heavy atom. The SMILES string of the molecule is Cc1ccc(/C=C/C(=O)N2CCc3[nH]c4ccccc4c3C2)cc1. The number of aromatic amines is 1. The number of aryl methyl sites for hydroxylation is 1. The van der Waals surface area contributed by atoms with E-state index in [0.717, 1.165) is 24.0 Å². The van der Waals surface area contributed by atoms with E-state index in [2.05, 4.69) is 42.2 Å². The Kier molecular flexibility index (Phi) is 3.69. The summed E-state index contributed by atoms with van der Waals surface area (Å²) >= 11 is 0. The Bertz CT molecular complexity index is 919. The van der Waals surface area contributed by atoms with Crippen LogP contribution in [0.4, 0.5) is 0 Å². The van der Waals surface area contributed by atoms with Gasteiger partial charge in [0.1, 0.15) is 0 Å². The molecule has 0 radical (unpaired) electrons. The molecule has 0 bridgehead atoms. The average Bonchev–Trinajstić information content (AvgIpc) is 2.99. The monoisotopic (exact) mass is 316 g/mol. The highest BCUT2D eigenvalue weighted by Crippen LogP contribution is 2.27. The maximum Gasteiger partial charge on any atom is 0.246 e. The molecule has 0 saturated carbocycles. The Morgan fingerprint density at radius 1 is 1.12 bits per heavy atom. The third-order valence-corrected chi connectivity index (χ3v) is 4.69. The summed E-state index contributed by atoms with van der Waals surface area (Å²) in [6, 6.07) is 16.5. The molecule has 0 fully saturated rings. The quantitative estimate of drug-likeness (QED) is 0.711. The third kappa shape index (κ3) is 2.73. The van der Waals surface area contributed by atoms with Crippen molar-refractivity contribution in [3.8, 4) is 0 Å². The van der Waals surface area contributed by atoms with E-state index < -0.39 is 0 Å². The summed E-state index contributed by atoms with van der Waals surface area (Å²) in [6.07, 6.45) is 4.46. The lowest BCUT2D eigenvalue weighted by Gasteiger charge is -2.26. The summed E-state index contributed by atoms with van der Waals surface area (Å²) in [6.45, 7) is 3.50. The number of aromatic nitrogens is 1. The maximum atomic E-state index is 12.5. The van der Waals surface area contributed by atoms with Gasteiger partial charge in [-0.25, -0.2) is 0 Å². The maximum absolute atomic E-state index is 12.5. The predicted octanol–water partition coefficient (Wildman–Crippen LogP) is 4.07. The molecule has 0 aliphatic carbocycles. The number of hydrogen-bond acceptors (Lipinski definition) is 1. The van der Waals surface area contributed by atoms with Crippen LogP contribution in [0.2, 0.25) is 0 Å². The minimum atomic E-state index is 0.0755. The number of H-pyrrole nitrogens is 1. The lowest BCUT2D eigenvalue weighted by molar-refractivity contribution is -0.126. The first-order chi connectivity index (χ1) is 11.7. The van der Waals surface area contributed by atoms with E-state index in [1.165, 1.54) is 22.2 Å². The number of hydrogen-bond donors (Lipinski definition) is 1. The number of nitrogens with one attached hydrogen (secondary N) is 1. The van der Waals surface area contributed by atoms with Gasteiger partial charge in [0.25, 0.3) is 0 Å². The normalized spacial score (nSPS) is 14.3. The second-order valence-electron chi connectivity index (χ2n) is 6.38. The third-order valence-electron chi connectivity index (χ3n) is 4.69. The zero-order valence-corrected chi connectivity index (χ0v) is 13.8. The predicted molar refractivity (Wildman–Crippen MR) is 97.6 cm³/mol. The van der Waals surface area contributed by atoms with Crippen molar-refractivity contribution in [2.45, 2.75) is 19.9 Å². The zero-order valence-electron chi connectivity index (χ0n) is 13.8. The van der Waals surface area contributed by atoms with Crippen molar-refractivity contribution in [3.63, 3.8) is 0 Å². The minimum Gasteiger partial charge on any atom is -0.358 e. The fourth-order valence-corrected chi connectivity index (χ4v) is 3.31. The summed E-state index contributed by atoms with van der Waals surface area (Å²) in [5.41, 5.74) is 5.96. The first-order valence-corrected chi connectivity index (χ1v) is 8.33. The van der Waals surface area contributed by atoms with E-state index in [0.29, 0.717) is 6.54 Å². The molecule has 3 aromatic rings. The number of para-hydroxylation sites is 1. The molecule has 3 heteroatoms. The van der Waals surface area contributed by atoms with Crippen LogP contribution < -0.4 is 0 Å². The van der Waals surface area contributed by atoms with Gasteiger partial charge in [0.2, 0.25) is 5.91 Å². The van der Waals surface area contributed by atoms with Crippen molar-refractivity contribution >= 4 is 22.9 Å². The number of rotatable bonds is 2. The molecule has 1 N–H and O–H groups in total. The van der Waals surface area contributed by atoms with Crippen LogP contribution in [0.25, 0.3) is 17.0 Å².